The Morgan fingerprint density at radius 1 is 1.11 bits per heavy atom. The lowest BCUT2D eigenvalue weighted by molar-refractivity contribution is -0.121. The molecule has 0 saturated heterocycles. The van der Waals surface area contributed by atoms with Gasteiger partial charge in [0.05, 0.1) is 29.8 Å². The fraction of sp³-hybridized carbons (Fsp3) is 0.143. The summed E-state index contributed by atoms with van der Waals surface area (Å²) < 4.78 is 25.6. The lowest BCUT2D eigenvalue weighted by Gasteiger charge is -2.07. The van der Waals surface area contributed by atoms with Crippen molar-refractivity contribution < 1.29 is 18.3 Å². The van der Waals surface area contributed by atoms with Crippen molar-refractivity contribution in [3.8, 4) is 16.5 Å². The Bertz CT molecular complexity index is 1070. The number of hydrogen-bond donors (Lipinski definition) is 1. The molecule has 2 aromatic heterocycles. The second-order valence-electron chi connectivity index (χ2n) is 6.06. The molecule has 0 unspecified atom stereocenters. The number of rotatable bonds is 7. The second-order valence-corrected chi connectivity index (χ2v) is 7.09. The zero-order chi connectivity index (χ0) is 19.3. The summed E-state index contributed by atoms with van der Waals surface area (Å²) in [5.74, 6) is 0.808. The number of hydrogen-bond acceptors (Lipinski definition) is 5. The first-order valence-corrected chi connectivity index (χ1v) is 9.59. The van der Waals surface area contributed by atoms with E-state index < -0.39 is 5.82 Å². The molecular weight excluding hydrogens is 379 g/mol. The average Bonchev–Trinajstić information content (AvgIpc) is 3.34. The molecule has 0 fully saturated rings. The first kappa shape index (κ1) is 18.2. The van der Waals surface area contributed by atoms with Crippen molar-refractivity contribution in [2.24, 2.45) is 0 Å². The van der Waals surface area contributed by atoms with E-state index in [-0.39, 0.29) is 31.2 Å². The first-order valence-electron chi connectivity index (χ1n) is 8.78. The van der Waals surface area contributed by atoms with Gasteiger partial charge in [0.15, 0.2) is 22.3 Å². The van der Waals surface area contributed by atoms with Crippen LogP contribution in [0.15, 0.2) is 65.1 Å². The van der Waals surface area contributed by atoms with Crippen LogP contribution in [0.1, 0.15) is 12.2 Å². The zero-order valence-corrected chi connectivity index (χ0v) is 15.7. The molecule has 0 aliphatic rings. The molecule has 0 radical (unpaired) electrons. The molecular formula is C21H17FN2O3S. The monoisotopic (exact) mass is 396 g/mol. The number of carbonyl (C=O) groups is 1. The van der Waals surface area contributed by atoms with Crippen molar-refractivity contribution >= 4 is 27.5 Å². The second kappa shape index (κ2) is 8.22. The Labute approximate surface area is 164 Å². The number of para-hydroxylation sites is 2. The third-order valence-corrected chi connectivity index (χ3v) is 5.10. The van der Waals surface area contributed by atoms with E-state index in [0.717, 1.165) is 15.2 Å². The van der Waals surface area contributed by atoms with Crippen LogP contribution >= 0.6 is 11.3 Å². The van der Waals surface area contributed by atoms with Crippen molar-refractivity contribution in [2.75, 3.05) is 6.61 Å². The van der Waals surface area contributed by atoms with E-state index in [9.17, 15) is 9.18 Å². The number of thiazole rings is 1. The number of fused-ring (bicyclic) bond motifs is 1. The van der Waals surface area contributed by atoms with Crippen molar-refractivity contribution in [3.63, 3.8) is 0 Å². The highest BCUT2D eigenvalue weighted by molar-refractivity contribution is 7.21. The quantitative estimate of drug-likeness (QED) is 0.488. The molecule has 1 N–H and O–H groups in total. The zero-order valence-electron chi connectivity index (χ0n) is 14.9. The summed E-state index contributed by atoms with van der Waals surface area (Å²) >= 11 is 1.56. The first-order chi connectivity index (χ1) is 13.7. The highest BCUT2D eigenvalue weighted by Gasteiger charge is 2.11. The molecule has 0 spiro atoms. The predicted octanol–water partition coefficient (Wildman–Crippen LogP) is 4.78. The Balaban J connectivity index is 1.28. The third-order valence-electron chi connectivity index (χ3n) is 4.05. The maximum atomic E-state index is 13.5. The molecule has 0 atom stereocenters. The topological polar surface area (TPSA) is 64.4 Å². The third kappa shape index (κ3) is 4.20. The number of nitrogens with zero attached hydrogens (tertiary/aromatic N) is 1. The van der Waals surface area contributed by atoms with Gasteiger partial charge in [0, 0.05) is 0 Å². The molecule has 4 rings (SSSR count). The van der Waals surface area contributed by atoms with Gasteiger partial charge in [-0.2, -0.15) is 0 Å². The summed E-state index contributed by atoms with van der Waals surface area (Å²) in [5.41, 5.74) is 0.934. The number of carbonyl (C=O) groups excluding carboxylic acids is 1. The van der Waals surface area contributed by atoms with E-state index >= 15 is 0 Å². The molecule has 0 bridgehead atoms. The van der Waals surface area contributed by atoms with Crippen molar-refractivity contribution in [2.45, 2.75) is 13.0 Å². The van der Waals surface area contributed by atoms with Crippen LogP contribution in [0.3, 0.4) is 0 Å². The summed E-state index contributed by atoms with van der Waals surface area (Å²) in [5, 5.41) is 3.57. The van der Waals surface area contributed by atoms with Gasteiger partial charge in [-0.1, -0.05) is 24.3 Å². The van der Waals surface area contributed by atoms with E-state index in [0.29, 0.717) is 11.5 Å². The fourth-order valence-corrected chi connectivity index (χ4v) is 3.58. The van der Waals surface area contributed by atoms with Gasteiger partial charge >= 0.3 is 0 Å². The molecule has 0 saturated carbocycles. The minimum atomic E-state index is -0.444. The Morgan fingerprint density at radius 2 is 1.93 bits per heavy atom. The average molecular weight is 396 g/mol. The van der Waals surface area contributed by atoms with Crippen LogP contribution in [0.4, 0.5) is 4.39 Å². The van der Waals surface area contributed by atoms with Crippen LogP contribution in [0.25, 0.3) is 21.0 Å². The minimum absolute atomic E-state index is 0.0991. The van der Waals surface area contributed by atoms with Gasteiger partial charge in [0.25, 0.3) is 0 Å². The van der Waals surface area contributed by atoms with Gasteiger partial charge < -0.3 is 14.5 Å². The smallest absolute Gasteiger partial charge is 0.223 e. The molecule has 28 heavy (non-hydrogen) atoms. The van der Waals surface area contributed by atoms with E-state index in [1.165, 1.54) is 12.1 Å². The Kier molecular flexibility index (Phi) is 5.34. The molecule has 1 amide bonds. The van der Waals surface area contributed by atoms with E-state index in [2.05, 4.69) is 10.3 Å². The Hall–Kier alpha value is -3.19. The summed E-state index contributed by atoms with van der Waals surface area (Å²) in [6.07, 6.45) is 0.125. The van der Waals surface area contributed by atoms with E-state index in [1.807, 2.05) is 36.4 Å². The van der Waals surface area contributed by atoms with E-state index in [1.54, 1.807) is 23.5 Å². The Morgan fingerprint density at radius 3 is 2.79 bits per heavy atom. The van der Waals surface area contributed by atoms with Crippen molar-refractivity contribution in [1.29, 1.82) is 0 Å². The van der Waals surface area contributed by atoms with E-state index in [4.69, 9.17) is 9.15 Å². The maximum Gasteiger partial charge on any atom is 0.223 e. The molecule has 7 heteroatoms. The van der Waals surface area contributed by atoms with Gasteiger partial charge in [-0.3, -0.25) is 4.79 Å². The molecule has 2 aromatic carbocycles. The molecule has 0 aliphatic heterocycles. The molecule has 2 heterocycles. The summed E-state index contributed by atoms with van der Waals surface area (Å²) in [4.78, 5) is 16.5. The van der Waals surface area contributed by atoms with Crippen LogP contribution in [0, 0.1) is 5.82 Å². The summed E-state index contributed by atoms with van der Waals surface area (Å²) in [7, 11) is 0. The van der Waals surface area contributed by atoms with Crippen LogP contribution in [0.2, 0.25) is 0 Å². The predicted molar refractivity (Wildman–Crippen MR) is 106 cm³/mol. The number of halogens is 1. The van der Waals surface area contributed by atoms with Gasteiger partial charge in [0.2, 0.25) is 5.91 Å². The van der Waals surface area contributed by atoms with Crippen LogP contribution in [-0.4, -0.2) is 17.5 Å². The van der Waals surface area contributed by atoms with Crippen molar-refractivity contribution in [3.05, 3.63) is 72.2 Å². The van der Waals surface area contributed by atoms with Gasteiger partial charge in [-0.25, -0.2) is 9.37 Å². The summed E-state index contributed by atoms with van der Waals surface area (Å²) in [6, 6.07) is 17.7. The van der Waals surface area contributed by atoms with Crippen LogP contribution < -0.4 is 10.1 Å². The highest BCUT2D eigenvalue weighted by atomic mass is 32.1. The van der Waals surface area contributed by atoms with Gasteiger partial charge in [0.1, 0.15) is 5.76 Å². The lowest BCUT2D eigenvalue weighted by Crippen LogP contribution is -2.24. The number of aromatic nitrogens is 1. The highest BCUT2D eigenvalue weighted by Crippen LogP contribution is 2.31. The normalized spacial score (nSPS) is 10.9. The lowest BCUT2D eigenvalue weighted by atomic mass is 10.3. The maximum absolute atomic E-state index is 13.5. The molecule has 5 nitrogen and oxygen atoms in total. The molecule has 0 aliphatic carbocycles. The number of benzene rings is 2. The van der Waals surface area contributed by atoms with Crippen LogP contribution in [0.5, 0.6) is 5.75 Å². The summed E-state index contributed by atoms with van der Waals surface area (Å²) in [6.45, 7) is 0.366. The van der Waals surface area contributed by atoms with Gasteiger partial charge in [-0.05, 0) is 36.4 Å². The molecule has 142 valence electrons. The standard InChI is InChI=1S/C21H17FN2O3S/c22-15-5-1-3-7-17(15)26-12-11-20(25)23-13-14-9-10-18(27-14)21-24-16-6-2-4-8-19(16)28-21/h1-10H,11-13H2,(H,23,25). The van der Waals surface area contributed by atoms with Gasteiger partial charge in [-0.15, -0.1) is 11.3 Å². The van der Waals surface area contributed by atoms with Crippen LogP contribution in [-0.2, 0) is 11.3 Å². The number of furan rings is 1. The SMILES string of the molecule is O=C(CCOc1ccccc1F)NCc1ccc(-c2nc3ccccc3s2)o1. The number of ether oxygens (including phenoxy) is 1. The molecule has 4 aromatic rings. The number of nitrogens with one attached hydrogen (secondary N) is 1. The fourth-order valence-electron chi connectivity index (χ4n) is 2.66. The number of amides is 1. The van der Waals surface area contributed by atoms with Crippen molar-refractivity contribution in [1.82, 2.24) is 10.3 Å². The largest absolute Gasteiger partial charge is 0.490 e. The minimum Gasteiger partial charge on any atom is -0.490 e.